The average Bonchev–Trinajstić information content (AvgIpc) is 2.83. The molecule has 0 amide bonds. The maximum absolute atomic E-state index is 6.29. The van der Waals surface area contributed by atoms with Gasteiger partial charge in [0.2, 0.25) is 0 Å². The first kappa shape index (κ1) is 14.3. The maximum Gasteiger partial charge on any atom is 0.0924 e. The summed E-state index contributed by atoms with van der Waals surface area (Å²) in [7, 11) is 1.79. The SMILES string of the molecule is CCNC(c1sccc1Cl)C1(OC)CCOCC1. The van der Waals surface area contributed by atoms with E-state index < -0.39 is 0 Å². The minimum atomic E-state index is -0.206. The molecule has 0 aliphatic carbocycles. The van der Waals surface area contributed by atoms with Gasteiger partial charge >= 0.3 is 0 Å². The van der Waals surface area contributed by atoms with E-state index in [0.717, 1.165) is 37.6 Å². The smallest absolute Gasteiger partial charge is 0.0924 e. The Morgan fingerprint density at radius 2 is 2.28 bits per heavy atom. The van der Waals surface area contributed by atoms with Crippen LogP contribution in [0.15, 0.2) is 11.4 Å². The predicted octanol–water partition coefficient (Wildman–Crippen LogP) is 3.25. The van der Waals surface area contributed by atoms with Crippen molar-refractivity contribution in [2.24, 2.45) is 0 Å². The van der Waals surface area contributed by atoms with Crippen LogP contribution in [0.25, 0.3) is 0 Å². The Bertz CT molecular complexity index is 377. The maximum atomic E-state index is 6.29. The van der Waals surface area contributed by atoms with Crippen LogP contribution in [-0.4, -0.2) is 32.5 Å². The zero-order valence-electron chi connectivity index (χ0n) is 10.9. The number of rotatable bonds is 5. The summed E-state index contributed by atoms with van der Waals surface area (Å²) in [5.41, 5.74) is -0.206. The number of likely N-dealkylation sites (N-methyl/N-ethyl adjacent to an activating group) is 1. The average molecular weight is 290 g/mol. The normalized spacial score (nSPS) is 20.8. The summed E-state index contributed by atoms with van der Waals surface area (Å²) in [6.07, 6.45) is 1.80. The standard InChI is InChI=1S/C13H20ClNO2S/c1-3-15-12(11-10(14)4-9-18-11)13(16-2)5-7-17-8-6-13/h4,9,12,15H,3,5-8H2,1-2H3. The first-order valence-electron chi connectivity index (χ1n) is 6.32. The molecule has 0 radical (unpaired) electrons. The molecular formula is C13H20ClNO2S. The Hall–Kier alpha value is -0.130. The molecule has 0 aromatic carbocycles. The molecule has 1 aliphatic rings. The van der Waals surface area contributed by atoms with Gasteiger partial charge in [-0.15, -0.1) is 11.3 Å². The van der Waals surface area contributed by atoms with Crippen molar-refractivity contribution in [1.29, 1.82) is 0 Å². The lowest BCUT2D eigenvalue weighted by Gasteiger charge is -2.42. The van der Waals surface area contributed by atoms with Crippen LogP contribution in [0.4, 0.5) is 0 Å². The minimum Gasteiger partial charge on any atom is -0.381 e. The molecule has 1 aromatic heterocycles. The monoisotopic (exact) mass is 289 g/mol. The van der Waals surface area contributed by atoms with E-state index in [1.54, 1.807) is 18.4 Å². The van der Waals surface area contributed by atoms with E-state index in [9.17, 15) is 0 Å². The highest BCUT2D eigenvalue weighted by Gasteiger charge is 2.42. The number of nitrogens with one attached hydrogen (secondary N) is 1. The quantitative estimate of drug-likeness (QED) is 0.903. The molecule has 1 atom stereocenters. The van der Waals surface area contributed by atoms with E-state index >= 15 is 0 Å². The predicted molar refractivity (Wildman–Crippen MR) is 75.5 cm³/mol. The van der Waals surface area contributed by atoms with E-state index in [2.05, 4.69) is 12.2 Å². The molecule has 1 saturated heterocycles. The van der Waals surface area contributed by atoms with Gasteiger partial charge in [-0.25, -0.2) is 0 Å². The molecule has 1 unspecified atom stereocenters. The van der Waals surface area contributed by atoms with Crippen LogP contribution in [0.1, 0.15) is 30.7 Å². The molecule has 0 spiro atoms. The zero-order valence-corrected chi connectivity index (χ0v) is 12.4. The molecule has 3 nitrogen and oxygen atoms in total. The van der Waals surface area contributed by atoms with Gasteiger partial charge in [0.25, 0.3) is 0 Å². The van der Waals surface area contributed by atoms with Gasteiger partial charge in [-0.1, -0.05) is 18.5 Å². The number of thiophene rings is 1. The Kier molecular flexibility index (Phi) is 5.04. The summed E-state index contributed by atoms with van der Waals surface area (Å²) in [5, 5.41) is 6.39. The van der Waals surface area contributed by atoms with Crippen molar-refractivity contribution in [2.45, 2.75) is 31.4 Å². The third-order valence-corrected chi connectivity index (χ3v) is 5.01. The zero-order chi connectivity index (χ0) is 13.0. The third-order valence-electron chi connectivity index (χ3n) is 3.59. The summed E-state index contributed by atoms with van der Waals surface area (Å²) < 4.78 is 11.3. The van der Waals surface area contributed by atoms with Gasteiger partial charge < -0.3 is 14.8 Å². The van der Waals surface area contributed by atoms with E-state index in [1.807, 2.05) is 11.4 Å². The summed E-state index contributed by atoms with van der Waals surface area (Å²) in [4.78, 5) is 1.17. The fourth-order valence-corrected chi connectivity index (χ4v) is 3.91. The number of methoxy groups -OCH3 is 1. The molecule has 18 heavy (non-hydrogen) atoms. The van der Waals surface area contributed by atoms with Gasteiger partial charge in [-0.3, -0.25) is 0 Å². The summed E-state index contributed by atoms with van der Waals surface area (Å²) in [6, 6.07) is 2.10. The molecule has 2 rings (SSSR count). The van der Waals surface area contributed by atoms with Gasteiger partial charge in [0.05, 0.1) is 16.7 Å². The van der Waals surface area contributed by atoms with Crippen LogP contribution in [0.2, 0.25) is 5.02 Å². The van der Waals surface area contributed by atoms with E-state index in [4.69, 9.17) is 21.1 Å². The molecule has 0 bridgehead atoms. The lowest BCUT2D eigenvalue weighted by Crippen LogP contribution is -2.49. The van der Waals surface area contributed by atoms with Crippen LogP contribution in [0, 0.1) is 0 Å². The van der Waals surface area contributed by atoms with Crippen LogP contribution >= 0.6 is 22.9 Å². The minimum absolute atomic E-state index is 0.142. The molecule has 1 N–H and O–H groups in total. The van der Waals surface area contributed by atoms with E-state index in [1.165, 1.54) is 4.88 Å². The lowest BCUT2D eigenvalue weighted by molar-refractivity contribution is -0.110. The Labute approximate surface area is 117 Å². The van der Waals surface area contributed by atoms with Gasteiger partial charge in [0.1, 0.15) is 0 Å². The van der Waals surface area contributed by atoms with Crippen LogP contribution in [0.5, 0.6) is 0 Å². The summed E-state index contributed by atoms with van der Waals surface area (Å²) in [6.45, 7) is 4.50. The van der Waals surface area contributed by atoms with Crippen molar-refractivity contribution in [3.8, 4) is 0 Å². The molecule has 1 fully saturated rings. The molecule has 0 saturated carbocycles. The van der Waals surface area contributed by atoms with Gasteiger partial charge in [-0.2, -0.15) is 0 Å². The van der Waals surface area contributed by atoms with Gasteiger partial charge in [0, 0.05) is 38.0 Å². The van der Waals surface area contributed by atoms with Crippen LogP contribution in [-0.2, 0) is 9.47 Å². The van der Waals surface area contributed by atoms with Gasteiger partial charge in [0.15, 0.2) is 0 Å². The lowest BCUT2D eigenvalue weighted by atomic mass is 9.85. The molecule has 1 aliphatic heterocycles. The number of halogens is 1. The Morgan fingerprint density at radius 1 is 1.56 bits per heavy atom. The van der Waals surface area contributed by atoms with E-state index in [-0.39, 0.29) is 11.6 Å². The highest BCUT2D eigenvalue weighted by Crippen LogP contribution is 2.41. The van der Waals surface area contributed by atoms with Crippen LogP contribution < -0.4 is 5.32 Å². The fourth-order valence-electron chi connectivity index (χ4n) is 2.56. The van der Waals surface area contributed by atoms with Crippen molar-refractivity contribution in [2.75, 3.05) is 26.9 Å². The van der Waals surface area contributed by atoms with Gasteiger partial charge in [-0.05, 0) is 18.0 Å². The van der Waals surface area contributed by atoms with E-state index in [0.29, 0.717) is 0 Å². The molecule has 2 heterocycles. The van der Waals surface area contributed by atoms with Crippen molar-refractivity contribution >= 4 is 22.9 Å². The highest BCUT2D eigenvalue weighted by atomic mass is 35.5. The number of hydrogen-bond donors (Lipinski definition) is 1. The number of hydrogen-bond acceptors (Lipinski definition) is 4. The second-order valence-corrected chi connectivity index (χ2v) is 5.86. The first-order valence-corrected chi connectivity index (χ1v) is 7.58. The fraction of sp³-hybridized carbons (Fsp3) is 0.692. The third kappa shape index (κ3) is 2.73. The number of ether oxygens (including phenoxy) is 2. The summed E-state index contributed by atoms with van der Waals surface area (Å²) in [5.74, 6) is 0. The molecule has 1 aromatic rings. The second-order valence-electron chi connectivity index (χ2n) is 4.50. The second kappa shape index (κ2) is 6.35. The highest BCUT2D eigenvalue weighted by molar-refractivity contribution is 7.10. The Balaban J connectivity index is 2.30. The van der Waals surface area contributed by atoms with Crippen LogP contribution in [0.3, 0.4) is 0 Å². The Morgan fingerprint density at radius 3 is 2.78 bits per heavy atom. The van der Waals surface area contributed by atoms with Crippen molar-refractivity contribution < 1.29 is 9.47 Å². The largest absolute Gasteiger partial charge is 0.381 e. The first-order chi connectivity index (χ1) is 8.73. The van der Waals surface area contributed by atoms with Crippen molar-refractivity contribution in [3.05, 3.63) is 21.3 Å². The topological polar surface area (TPSA) is 30.5 Å². The summed E-state index contributed by atoms with van der Waals surface area (Å²) >= 11 is 7.98. The molecular weight excluding hydrogens is 270 g/mol. The van der Waals surface area contributed by atoms with Crippen molar-refractivity contribution in [3.63, 3.8) is 0 Å². The molecule has 5 heteroatoms. The molecule has 102 valence electrons. The van der Waals surface area contributed by atoms with Crippen molar-refractivity contribution in [1.82, 2.24) is 5.32 Å².